The van der Waals surface area contributed by atoms with Gasteiger partial charge in [-0.2, -0.15) is 0 Å². The van der Waals surface area contributed by atoms with E-state index in [2.05, 4.69) is 30.3 Å². The highest BCUT2D eigenvalue weighted by molar-refractivity contribution is 7.16. The zero-order valence-electron chi connectivity index (χ0n) is 11.0. The topological polar surface area (TPSA) is 24.5 Å². The molecule has 2 rings (SSSR count). The van der Waals surface area contributed by atoms with Gasteiger partial charge in [-0.15, -0.1) is 11.3 Å². The molecule has 2 unspecified atom stereocenters. The number of likely N-dealkylation sites (N-methyl/N-ethyl adjacent to an activating group) is 2. The first-order valence-corrected chi connectivity index (χ1v) is 7.66. The van der Waals surface area contributed by atoms with E-state index in [9.17, 15) is 0 Å². The minimum atomic E-state index is 0.268. The maximum absolute atomic E-state index is 5.99. The lowest BCUT2D eigenvalue weighted by molar-refractivity contribution is -0.0380. The zero-order valence-corrected chi connectivity index (χ0v) is 12.6. The molecule has 0 spiro atoms. The van der Waals surface area contributed by atoms with Crippen LogP contribution in [0.4, 0.5) is 0 Å². The third-order valence-electron chi connectivity index (χ3n) is 3.26. The number of hydrogen-bond donors (Lipinski definition) is 1. The lowest BCUT2D eigenvalue weighted by atomic mass is 10.0. The highest BCUT2D eigenvalue weighted by atomic mass is 35.5. The van der Waals surface area contributed by atoms with Gasteiger partial charge in [-0.25, -0.2) is 0 Å². The van der Waals surface area contributed by atoms with Crippen molar-refractivity contribution >= 4 is 22.9 Å². The van der Waals surface area contributed by atoms with Crippen LogP contribution in [0.25, 0.3) is 0 Å². The van der Waals surface area contributed by atoms with E-state index in [1.165, 1.54) is 4.88 Å². The standard InChI is InChI=1S/C13H21ClN2OS/c1-3-15-11(8-10-4-5-13(14)18-10)12-9-16(2)6-7-17-12/h4-5,11-12,15H,3,6-9H2,1-2H3. The van der Waals surface area contributed by atoms with Crippen molar-refractivity contribution in [3.8, 4) is 0 Å². The van der Waals surface area contributed by atoms with Gasteiger partial charge in [-0.1, -0.05) is 18.5 Å². The molecule has 18 heavy (non-hydrogen) atoms. The molecule has 1 aliphatic rings. The normalized spacial score (nSPS) is 23.2. The lowest BCUT2D eigenvalue weighted by Crippen LogP contribution is -2.52. The molecule has 0 aromatic carbocycles. The fourth-order valence-corrected chi connectivity index (χ4v) is 3.48. The van der Waals surface area contributed by atoms with Gasteiger partial charge in [0, 0.05) is 24.0 Å². The predicted molar refractivity (Wildman–Crippen MR) is 77.7 cm³/mol. The van der Waals surface area contributed by atoms with Crippen LogP contribution in [0.2, 0.25) is 4.34 Å². The summed E-state index contributed by atoms with van der Waals surface area (Å²) in [5, 5.41) is 3.54. The Hall–Kier alpha value is -0.130. The Bertz CT molecular complexity index is 372. The molecular weight excluding hydrogens is 268 g/mol. The van der Waals surface area contributed by atoms with Crippen molar-refractivity contribution in [2.75, 3.05) is 33.3 Å². The molecule has 1 aliphatic heterocycles. The Morgan fingerprint density at radius 3 is 3.06 bits per heavy atom. The Morgan fingerprint density at radius 1 is 1.61 bits per heavy atom. The van der Waals surface area contributed by atoms with Gasteiger partial charge in [0.25, 0.3) is 0 Å². The van der Waals surface area contributed by atoms with Gasteiger partial charge in [0.15, 0.2) is 0 Å². The largest absolute Gasteiger partial charge is 0.374 e. The minimum absolute atomic E-state index is 0.268. The first-order valence-electron chi connectivity index (χ1n) is 6.46. The SMILES string of the molecule is CCNC(Cc1ccc(Cl)s1)C1CN(C)CCO1. The highest BCUT2D eigenvalue weighted by Crippen LogP contribution is 2.24. The van der Waals surface area contributed by atoms with Crippen molar-refractivity contribution in [3.63, 3.8) is 0 Å². The fraction of sp³-hybridized carbons (Fsp3) is 0.692. The number of ether oxygens (including phenoxy) is 1. The van der Waals surface area contributed by atoms with Gasteiger partial charge < -0.3 is 15.0 Å². The number of nitrogens with zero attached hydrogens (tertiary/aromatic N) is 1. The fourth-order valence-electron chi connectivity index (χ4n) is 2.33. The van der Waals surface area contributed by atoms with E-state index in [1.807, 2.05) is 6.07 Å². The first-order chi connectivity index (χ1) is 8.69. The van der Waals surface area contributed by atoms with E-state index >= 15 is 0 Å². The van der Waals surface area contributed by atoms with Crippen LogP contribution in [0.5, 0.6) is 0 Å². The van der Waals surface area contributed by atoms with Gasteiger partial charge in [-0.05, 0) is 32.1 Å². The van der Waals surface area contributed by atoms with Crippen molar-refractivity contribution in [1.82, 2.24) is 10.2 Å². The van der Waals surface area contributed by atoms with Crippen molar-refractivity contribution in [1.29, 1.82) is 0 Å². The van der Waals surface area contributed by atoms with Crippen molar-refractivity contribution in [2.24, 2.45) is 0 Å². The number of rotatable bonds is 5. The van der Waals surface area contributed by atoms with Crippen LogP contribution in [-0.4, -0.2) is 50.3 Å². The maximum Gasteiger partial charge on any atom is 0.0931 e. The number of nitrogens with one attached hydrogen (secondary N) is 1. The van der Waals surface area contributed by atoms with E-state index in [-0.39, 0.29) is 6.10 Å². The number of thiophene rings is 1. The molecule has 0 bridgehead atoms. The summed E-state index contributed by atoms with van der Waals surface area (Å²) in [7, 11) is 2.15. The van der Waals surface area contributed by atoms with Crippen LogP contribution in [0, 0.1) is 0 Å². The monoisotopic (exact) mass is 288 g/mol. The lowest BCUT2D eigenvalue weighted by Gasteiger charge is -2.35. The van der Waals surface area contributed by atoms with E-state index in [1.54, 1.807) is 11.3 Å². The minimum Gasteiger partial charge on any atom is -0.374 e. The summed E-state index contributed by atoms with van der Waals surface area (Å²) in [6.45, 7) is 5.96. The van der Waals surface area contributed by atoms with E-state index < -0.39 is 0 Å². The van der Waals surface area contributed by atoms with Gasteiger partial charge in [-0.3, -0.25) is 0 Å². The molecule has 1 fully saturated rings. The highest BCUT2D eigenvalue weighted by Gasteiger charge is 2.26. The summed E-state index contributed by atoms with van der Waals surface area (Å²) in [4.78, 5) is 3.66. The molecule has 2 heterocycles. The molecule has 0 amide bonds. The maximum atomic E-state index is 5.99. The molecule has 1 N–H and O–H groups in total. The Balaban J connectivity index is 1.98. The molecule has 0 aliphatic carbocycles. The van der Waals surface area contributed by atoms with Gasteiger partial charge in [0.05, 0.1) is 17.0 Å². The van der Waals surface area contributed by atoms with Gasteiger partial charge in [0.1, 0.15) is 0 Å². The molecule has 1 aromatic heterocycles. The summed E-state index contributed by atoms with van der Waals surface area (Å²) < 4.78 is 6.77. The van der Waals surface area contributed by atoms with Crippen molar-refractivity contribution in [3.05, 3.63) is 21.3 Å². The second-order valence-corrected chi connectivity index (χ2v) is 6.55. The summed E-state index contributed by atoms with van der Waals surface area (Å²) in [6.07, 6.45) is 1.26. The average molecular weight is 289 g/mol. The van der Waals surface area contributed by atoms with Gasteiger partial charge >= 0.3 is 0 Å². The van der Waals surface area contributed by atoms with Crippen molar-refractivity contribution in [2.45, 2.75) is 25.5 Å². The van der Waals surface area contributed by atoms with Crippen LogP contribution in [0.15, 0.2) is 12.1 Å². The zero-order chi connectivity index (χ0) is 13.0. The second-order valence-electron chi connectivity index (χ2n) is 4.75. The third kappa shape index (κ3) is 3.93. The molecule has 3 nitrogen and oxygen atoms in total. The Labute approximate surface area is 118 Å². The first kappa shape index (κ1) is 14.3. The number of hydrogen-bond acceptors (Lipinski definition) is 4. The molecular formula is C13H21ClN2OS. The quantitative estimate of drug-likeness (QED) is 0.899. The van der Waals surface area contributed by atoms with E-state index in [0.717, 1.165) is 37.0 Å². The molecule has 1 saturated heterocycles. The van der Waals surface area contributed by atoms with E-state index in [0.29, 0.717) is 6.04 Å². The summed E-state index contributed by atoms with van der Waals surface area (Å²) in [5.74, 6) is 0. The molecule has 2 atom stereocenters. The smallest absolute Gasteiger partial charge is 0.0931 e. The summed E-state index contributed by atoms with van der Waals surface area (Å²) >= 11 is 7.65. The molecule has 0 saturated carbocycles. The Kier molecular flexibility index (Phi) is 5.45. The number of morpholine rings is 1. The summed E-state index contributed by atoms with van der Waals surface area (Å²) in [6, 6.07) is 4.45. The average Bonchev–Trinajstić information content (AvgIpc) is 2.74. The Morgan fingerprint density at radius 2 is 2.44 bits per heavy atom. The van der Waals surface area contributed by atoms with Crippen LogP contribution < -0.4 is 5.32 Å². The van der Waals surface area contributed by atoms with E-state index in [4.69, 9.17) is 16.3 Å². The number of halogens is 1. The third-order valence-corrected chi connectivity index (χ3v) is 4.52. The van der Waals surface area contributed by atoms with Crippen molar-refractivity contribution < 1.29 is 4.74 Å². The van der Waals surface area contributed by atoms with Crippen LogP contribution in [0.1, 0.15) is 11.8 Å². The van der Waals surface area contributed by atoms with Crippen LogP contribution in [0.3, 0.4) is 0 Å². The molecule has 102 valence electrons. The predicted octanol–water partition coefficient (Wildman–Crippen LogP) is 2.25. The molecule has 0 radical (unpaired) electrons. The van der Waals surface area contributed by atoms with Crippen LogP contribution >= 0.6 is 22.9 Å². The molecule has 1 aromatic rings. The second kappa shape index (κ2) is 6.87. The van der Waals surface area contributed by atoms with Gasteiger partial charge in [0.2, 0.25) is 0 Å². The summed E-state index contributed by atoms with van der Waals surface area (Å²) in [5.41, 5.74) is 0. The molecule has 5 heteroatoms. The van der Waals surface area contributed by atoms with Crippen LogP contribution in [-0.2, 0) is 11.2 Å².